The van der Waals surface area contributed by atoms with E-state index in [9.17, 15) is 4.79 Å². The lowest BCUT2D eigenvalue weighted by atomic mass is 10.0. The molecule has 1 aromatic rings. The van der Waals surface area contributed by atoms with E-state index in [4.69, 9.17) is 4.74 Å². The van der Waals surface area contributed by atoms with Gasteiger partial charge in [0.2, 0.25) is 0 Å². The minimum atomic E-state index is 0.235. The molecule has 2 atom stereocenters. The van der Waals surface area contributed by atoms with Gasteiger partial charge in [-0.3, -0.25) is 9.69 Å². The summed E-state index contributed by atoms with van der Waals surface area (Å²) in [6, 6.07) is 8.31. The van der Waals surface area contributed by atoms with Gasteiger partial charge < -0.3 is 4.74 Å². The molecular weight excluding hydrogens is 250 g/mol. The van der Waals surface area contributed by atoms with Crippen molar-refractivity contribution in [2.45, 2.75) is 45.8 Å². The van der Waals surface area contributed by atoms with Gasteiger partial charge in [-0.25, -0.2) is 0 Å². The van der Waals surface area contributed by atoms with Crippen molar-refractivity contribution in [3.05, 3.63) is 35.4 Å². The fourth-order valence-corrected chi connectivity index (χ4v) is 2.69. The second-order valence-electron chi connectivity index (χ2n) is 5.74. The normalized spacial score (nSPS) is 23.8. The lowest BCUT2D eigenvalue weighted by molar-refractivity contribution is -0.0553. The highest BCUT2D eigenvalue weighted by Gasteiger charge is 2.25. The van der Waals surface area contributed by atoms with Gasteiger partial charge in [0.1, 0.15) is 0 Å². The van der Waals surface area contributed by atoms with Gasteiger partial charge in [0.05, 0.1) is 12.7 Å². The summed E-state index contributed by atoms with van der Waals surface area (Å²) in [6.45, 7) is 8.86. The summed E-state index contributed by atoms with van der Waals surface area (Å²) in [4.78, 5) is 14.6. The number of aryl methyl sites for hydroxylation is 1. The van der Waals surface area contributed by atoms with E-state index in [1.54, 1.807) is 0 Å². The number of hydrogen-bond acceptors (Lipinski definition) is 3. The number of carbonyl (C=O) groups excluding carboxylic acids is 1. The van der Waals surface area contributed by atoms with Gasteiger partial charge in [-0.1, -0.05) is 36.8 Å². The van der Waals surface area contributed by atoms with Crippen LogP contribution in [0.3, 0.4) is 0 Å². The van der Waals surface area contributed by atoms with Crippen molar-refractivity contribution in [2.75, 3.05) is 19.7 Å². The van der Waals surface area contributed by atoms with Crippen molar-refractivity contribution in [1.29, 1.82) is 0 Å². The smallest absolute Gasteiger partial charge is 0.164 e. The highest BCUT2D eigenvalue weighted by molar-refractivity contribution is 5.96. The molecule has 1 aromatic carbocycles. The lowest BCUT2D eigenvalue weighted by Gasteiger charge is -2.38. The molecule has 0 aromatic heterocycles. The van der Waals surface area contributed by atoms with E-state index >= 15 is 0 Å². The van der Waals surface area contributed by atoms with Crippen LogP contribution in [-0.2, 0) is 4.74 Å². The number of hydrogen-bond donors (Lipinski definition) is 0. The number of Topliss-reactive ketones (excluding diaryl/α,β-unsaturated/α-hetero) is 1. The van der Waals surface area contributed by atoms with E-state index in [0.717, 1.165) is 31.7 Å². The number of carbonyl (C=O) groups is 1. The average Bonchev–Trinajstić information content (AvgIpc) is 2.45. The van der Waals surface area contributed by atoms with Crippen molar-refractivity contribution in [3.63, 3.8) is 0 Å². The first-order valence-electron chi connectivity index (χ1n) is 7.55. The van der Waals surface area contributed by atoms with Gasteiger partial charge in [0.15, 0.2) is 5.78 Å². The molecular formula is C17H25NO2. The van der Waals surface area contributed by atoms with Crippen LogP contribution >= 0.6 is 0 Å². The zero-order valence-corrected chi connectivity index (χ0v) is 12.8. The second kappa shape index (κ2) is 7.00. The first-order valence-corrected chi connectivity index (χ1v) is 7.55. The molecule has 3 nitrogen and oxygen atoms in total. The van der Waals surface area contributed by atoms with E-state index in [2.05, 4.69) is 18.7 Å². The van der Waals surface area contributed by atoms with Crippen molar-refractivity contribution in [2.24, 2.45) is 0 Å². The van der Waals surface area contributed by atoms with Crippen LogP contribution in [0.4, 0.5) is 0 Å². The Balaban J connectivity index is 1.90. The molecule has 1 aliphatic rings. The van der Waals surface area contributed by atoms with Crippen molar-refractivity contribution >= 4 is 5.78 Å². The predicted molar refractivity (Wildman–Crippen MR) is 81.2 cm³/mol. The van der Waals surface area contributed by atoms with Crippen LogP contribution in [0, 0.1) is 6.92 Å². The SMILES string of the molecule is CCC1COC(C)CN1CCC(=O)c1ccc(C)cc1. The number of ketones is 1. The third kappa shape index (κ3) is 3.90. The topological polar surface area (TPSA) is 29.5 Å². The van der Waals surface area contributed by atoms with Crippen molar-refractivity contribution in [3.8, 4) is 0 Å². The quantitative estimate of drug-likeness (QED) is 0.773. The third-order valence-electron chi connectivity index (χ3n) is 4.05. The van der Waals surface area contributed by atoms with Crippen molar-refractivity contribution < 1.29 is 9.53 Å². The molecule has 1 saturated heterocycles. The summed E-state index contributed by atoms with van der Waals surface area (Å²) < 4.78 is 5.69. The summed E-state index contributed by atoms with van der Waals surface area (Å²) in [6.07, 6.45) is 1.94. The monoisotopic (exact) mass is 275 g/mol. The Hall–Kier alpha value is -1.19. The van der Waals surface area contributed by atoms with E-state index in [-0.39, 0.29) is 11.9 Å². The molecule has 110 valence electrons. The molecule has 3 heteroatoms. The van der Waals surface area contributed by atoms with Crippen molar-refractivity contribution in [1.82, 2.24) is 4.90 Å². The maximum Gasteiger partial charge on any atom is 0.164 e. The van der Waals surface area contributed by atoms with Gasteiger partial charge in [-0.2, -0.15) is 0 Å². The number of ether oxygens (including phenoxy) is 1. The molecule has 0 aliphatic carbocycles. The van der Waals surface area contributed by atoms with Crippen LogP contribution < -0.4 is 0 Å². The molecule has 20 heavy (non-hydrogen) atoms. The Kier molecular flexibility index (Phi) is 5.32. The molecule has 1 fully saturated rings. The summed E-state index contributed by atoms with van der Waals surface area (Å²) in [5.41, 5.74) is 2.01. The lowest BCUT2D eigenvalue weighted by Crippen LogP contribution is -2.49. The highest BCUT2D eigenvalue weighted by atomic mass is 16.5. The zero-order valence-electron chi connectivity index (χ0n) is 12.8. The van der Waals surface area contributed by atoms with E-state index in [1.807, 2.05) is 31.2 Å². The minimum absolute atomic E-state index is 0.235. The maximum atomic E-state index is 12.2. The minimum Gasteiger partial charge on any atom is -0.376 e. The van der Waals surface area contributed by atoms with Crippen LogP contribution in [0.5, 0.6) is 0 Å². The number of rotatable bonds is 5. The molecule has 0 saturated carbocycles. The molecule has 1 aliphatic heterocycles. The van der Waals surface area contributed by atoms with E-state index in [1.165, 1.54) is 5.56 Å². The third-order valence-corrected chi connectivity index (χ3v) is 4.05. The standard InChI is InChI=1S/C17H25NO2/c1-4-16-12-20-14(3)11-18(16)10-9-17(19)15-7-5-13(2)6-8-15/h5-8,14,16H,4,9-12H2,1-3H3. The molecule has 0 bridgehead atoms. The molecule has 0 radical (unpaired) electrons. The molecule has 1 heterocycles. The largest absolute Gasteiger partial charge is 0.376 e. The van der Waals surface area contributed by atoms with Gasteiger partial charge in [-0.15, -0.1) is 0 Å². The van der Waals surface area contributed by atoms with Crippen LogP contribution in [0.2, 0.25) is 0 Å². The Morgan fingerprint density at radius 1 is 1.35 bits per heavy atom. The summed E-state index contributed by atoms with van der Waals surface area (Å²) in [5, 5.41) is 0. The second-order valence-corrected chi connectivity index (χ2v) is 5.74. The Morgan fingerprint density at radius 3 is 2.70 bits per heavy atom. The Morgan fingerprint density at radius 2 is 2.05 bits per heavy atom. The Labute approximate surface area is 121 Å². The van der Waals surface area contributed by atoms with E-state index < -0.39 is 0 Å². The summed E-state index contributed by atoms with van der Waals surface area (Å²) in [5.74, 6) is 0.235. The predicted octanol–water partition coefficient (Wildman–Crippen LogP) is 3.07. The first-order chi connectivity index (χ1) is 9.60. The number of morpholine rings is 1. The van der Waals surface area contributed by atoms with Gasteiger partial charge in [0.25, 0.3) is 0 Å². The average molecular weight is 275 g/mol. The molecule has 2 rings (SSSR count). The summed E-state index contributed by atoms with van der Waals surface area (Å²) >= 11 is 0. The van der Waals surface area contributed by atoms with Crippen LogP contribution in [0.25, 0.3) is 0 Å². The van der Waals surface area contributed by atoms with Gasteiger partial charge in [-0.05, 0) is 20.3 Å². The van der Waals surface area contributed by atoms with E-state index in [0.29, 0.717) is 12.5 Å². The van der Waals surface area contributed by atoms with Crippen LogP contribution in [0.1, 0.15) is 42.6 Å². The van der Waals surface area contributed by atoms with Crippen LogP contribution in [0.15, 0.2) is 24.3 Å². The first kappa shape index (κ1) is 15.2. The molecule has 0 spiro atoms. The van der Waals surface area contributed by atoms with Gasteiger partial charge in [0, 0.05) is 31.1 Å². The number of nitrogens with zero attached hydrogens (tertiary/aromatic N) is 1. The molecule has 0 amide bonds. The summed E-state index contributed by atoms with van der Waals surface area (Å²) in [7, 11) is 0. The maximum absolute atomic E-state index is 12.2. The fraction of sp³-hybridized carbons (Fsp3) is 0.588. The number of benzene rings is 1. The molecule has 0 N–H and O–H groups in total. The zero-order chi connectivity index (χ0) is 14.5. The van der Waals surface area contributed by atoms with Crippen LogP contribution in [-0.4, -0.2) is 42.5 Å². The Bertz CT molecular complexity index is 441. The molecule has 2 unspecified atom stereocenters. The fourth-order valence-electron chi connectivity index (χ4n) is 2.69. The van der Waals surface area contributed by atoms with Gasteiger partial charge >= 0.3 is 0 Å². The highest BCUT2D eigenvalue weighted by Crippen LogP contribution is 2.15.